The van der Waals surface area contributed by atoms with Gasteiger partial charge in [0.05, 0.1) is 6.20 Å². The molecule has 0 spiro atoms. The van der Waals surface area contributed by atoms with Crippen LogP contribution < -0.4 is 5.73 Å². The summed E-state index contributed by atoms with van der Waals surface area (Å²) in [5.74, 6) is 0. The van der Waals surface area contributed by atoms with E-state index in [1.54, 1.807) is 0 Å². The van der Waals surface area contributed by atoms with Gasteiger partial charge in [-0.2, -0.15) is 4.31 Å². The zero-order valence-electron chi connectivity index (χ0n) is 7.87. The van der Waals surface area contributed by atoms with Gasteiger partial charge in [0.1, 0.15) is 11.2 Å². The molecule has 0 bridgehead atoms. The third kappa shape index (κ3) is 2.31. The summed E-state index contributed by atoms with van der Waals surface area (Å²) < 4.78 is 29.5. The van der Waals surface area contributed by atoms with Gasteiger partial charge >= 0.3 is 0 Å². The molecule has 8 heteroatoms. The van der Waals surface area contributed by atoms with Crippen LogP contribution in [0.3, 0.4) is 0 Å². The predicted molar refractivity (Wildman–Crippen MR) is 55.1 cm³/mol. The van der Waals surface area contributed by atoms with E-state index in [2.05, 4.69) is 9.68 Å². The van der Waals surface area contributed by atoms with Gasteiger partial charge in [0.15, 0.2) is 0 Å². The molecular formula is C7H12ClN3O3S. The minimum absolute atomic E-state index is 0. The Bertz CT molecular complexity index is 405. The number of halogens is 1. The van der Waals surface area contributed by atoms with E-state index in [1.165, 1.54) is 10.5 Å². The first-order chi connectivity index (χ1) is 6.60. The van der Waals surface area contributed by atoms with Crippen LogP contribution >= 0.6 is 12.4 Å². The van der Waals surface area contributed by atoms with Crippen molar-refractivity contribution in [2.45, 2.75) is 17.4 Å². The lowest BCUT2D eigenvalue weighted by Gasteiger charge is -2.13. The molecule has 15 heavy (non-hydrogen) atoms. The Morgan fingerprint density at radius 1 is 1.60 bits per heavy atom. The predicted octanol–water partition coefficient (Wildman–Crippen LogP) is -0.182. The summed E-state index contributed by atoms with van der Waals surface area (Å²) in [6, 6.07) is -0.0652. The monoisotopic (exact) mass is 253 g/mol. The first-order valence-corrected chi connectivity index (χ1v) is 5.70. The Hall–Kier alpha value is -0.630. The number of nitrogens with zero attached hydrogens (tertiary/aromatic N) is 2. The minimum Gasteiger partial charge on any atom is -0.363 e. The van der Waals surface area contributed by atoms with Crippen molar-refractivity contribution in [1.29, 1.82) is 0 Å². The van der Waals surface area contributed by atoms with Crippen LogP contribution in [0.1, 0.15) is 6.42 Å². The van der Waals surface area contributed by atoms with Crippen molar-refractivity contribution >= 4 is 22.4 Å². The van der Waals surface area contributed by atoms with E-state index in [-0.39, 0.29) is 23.3 Å². The van der Waals surface area contributed by atoms with Gasteiger partial charge in [0.25, 0.3) is 0 Å². The molecule has 2 rings (SSSR count). The van der Waals surface area contributed by atoms with Crippen LogP contribution in [-0.2, 0) is 10.0 Å². The van der Waals surface area contributed by atoms with E-state index < -0.39 is 10.0 Å². The van der Waals surface area contributed by atoms with Crippen LogP contribution in [0.15, 0.2) is 21.9 Å². The number of hydrogen-bond acceptors (Lipinski definition) is 5. The van der Waals surface area contributed by atoms with E-state index in [4.69, 9.17) is 5.73 Å². The van der Waals surface area contributed by atoms with Crippen LogP contribution in [0.2, 0.25) is 0 Å². The molecule has 0 unspecified atom stereocenters. The Morgan fingerprint density at radius 3 is 2.80 bits per heavy atom. The zero-order chi connectivity index (χ0) is 10.2. The Balaban J connectivity index is 0.00000112. The molecule has 1 fully saturated rings. The topological polar surface area (TPSA) is 89.4 Å². The number of hydrogen-bond donors (Lipinski definition) is 1. The SMILES string of the molecule is Cl.N[C@H]1CCN(S(=O)(=O)c2cnoc2)C1. The summed E-state index contributed by atoms with van der Waals surface area (Å²) >= 11 is 0. The fourth-order valence-electron chi connectivity index (χ4n) is 1.44. The molecule has 0 amide bonds. The van der Waals surface area contributed by atoms with Crippen molar-refractivity contribution in [3.63, 3.8) is 0 Å². The number of aromatic nitrogens is 1. The van der Waals surface area contributed by atoms with Gasteiger partial charge in [-0.05, 0) is 6.42 Å². The second-order valence-corrected chi connectivity index (χ2v) is 5.21. The smallest absolute Gasteiger partial charge is 0.247 e. The molecule has 2 heterocycles. The van der Waals surface area contributed by atoms with E-state index in [0.29, 0.717) is 19.5 Å². The van der Waals surface area contributed by atoms with Crippen molar-refractivity contribution < 1.29 is 12.9 Å². The summed E-state index contributed by atoms with van der Waals surface area (Å²) in [6.07, 6.45) is 3.02. The lowest BCUT2D eigenvalue weighted by Crippen LogP contribution is -2.31. The van der Waals surface area contributed by atoms with Crippen LogP contribution in [0.25, 0.3) is 0 Å². The highest BCUT2D eigenvalue weighted by Gasteiger charge is 2.31. The van der Waals surface area contributed by atoms with Crippen LogP contribution in [0.5, 0.6) is 0 Å². The third-order valence-electron chi connectivity index (χ3n) is 2.23. The van der Waals surface area contributed by atoms with E-state index >= 15 is 0 Å². The average Bonchev–Trinajstić information content (AvgIpc) is 2.72. The maximum atomic E-state index is 11.8. The standard InChI is InChI=1S/C7H11N3O3S.ClH/c8-6-1-2-10(4-6)14(11,12)7-3-9-13-5-7;/h3,5-6H,1-2,4,8H2;1H/t6-;/m0./s1. The first kappa shape index (κ1) is 12.4. The molecular weight excluding hydrogens is 242 g/mol. The molecule has 1 atom stereocenters. The lowest BCUT2D eigenvalue weighted by molar-refractivity contribution is 0.416. The van der Waals surface area contributed by atoms with Crippen molar-refractivity contribution in [3.8, 4) is 0 Å². The fourth-order valence-corrected chi connectivity index (χ4v) is 2.82. The summed E-state index contributed by atoms with van der Waals surface area (Å²) in [7, 11) is -3.43. The van der Waals surface area contributed by atoms with Crippen molar-refractivity contribution in [2.24, 2.45) is 5.73 Å². The molecule has 1 saturated heterocycles. The largest absolute Gasteiger partial charge is 0.363 e. The summed E-state index contributed by atoms with van der Waals surface area (Å²) in [5, 5.41) is 3.37. The van der Waals surface area contributed by atoms with Gasteiger partial charge in [-0.15, -0.1) is 12.4 Å². The van der Waals surface area contributed by atoms with Crippen LogP contribution in [0.4, 0.5) is 0 Å². The molecule has 0 aromatic carbocycles. The average molecular weight is 254 g/mol. The van der Waals surface area contributed by atoms with Gasteiger partial charge in [-0.3, -0.25) is 0 Å². The fraction of sp³-hybridized carbons (Fsp3) is 0.571. The Kier molecular flexibility index (Phi) is 3.72. The third-order valence-corrected chi connectivity index (χ3v) is 4.04. The van der Waals surface area contributed by atoms with Gasteiger partial charge in [0.2, 0.25) is 10.0 Å². The highest BCUT2D eigenvalue weighted by molar-refractivity contribution is 7.89. The maximum Gasteiger partial charge on any atom is 0.247 e. The van der Waals surface area contributed by atoms with Crippen LogP contribution in [-0.4, -0.2) is 37.0 Å². The van der Waals surface area contributed by atoms with E-state index in [9.17, 15) is 8.42 Å². The molecule has 6 nitrogen and oxygen atoms in total. The second kappa shape index (κ2) is 4.48. The van der Waals surface area contributed by atoms with Crippen molar-refractivity contribution in [1.82, 2.24) is 9.46 Å². The van der Waals surface area contributed by atoms with Gasteiger partial charge in [-0.1, -0.05) is 5.16 Å². The molecule has 1 aromatic rings. The second-order valence-electron chi connectivity index (χ2n) is 3.27. The van der Waals surface area contributed by atoms with Gasteiger partial charge < -0.3 is 10.3 Å². The summed E-state index contributed by atoms with van der Waals surface area (Å²) in [4.78, 5) is 0.0894. The molecule has 1 aliphatic heterocycles. The van der Waals surface area contributed by atoms with Crippen molar-refractivity contribution in [3.05, 3.63) is 12.5 Å². The summed E-state index contributed by atoms with van der Waals surface area (Å²) in [6.45, 7) is 0.836. The van der Waals surface area contributed by atoms with Gasteiger partial charge in [-0.25, -0.2) is 8.42 Å². The number of sulfonamides is 1. The minimum atomic E-state index is -3.43. The Labute approximate surface area is 93.9 Å². The van der Waals surface area contributed by atoms with Crippen LogP contribution in [0, 0.1) is 0 Å². The normalized spacial score (nSPS) is 22.6. The maximum absolute atomic E-state index is 11.8. The van der Waals surface area contributed by atoms with Crippen molar-refractivity contribution in [2.75, 3.05) is 13.1 Å². The van der Waals surface area contributed by atoms with E-state index in [1.807, 2.05) is 0 Å². The molecule has 1 aromatic heterocycles. The quantitative estimate of drug-likeness (QED) is 0.790. The highest BCUT2D eigenvalue weighted by atomic mass is 35.5. The first-order valence-electron chi connectivity index (χ1n) is 4.26. The van der Waals surface area contributed by atoms with Gasteiger partial charge in [0, 0.05) is 19.1 Å². The molecule has 0 radical (unpaired) electrons. The number of rotatable bonds is 2. The highest BCUT2D eigenvalue weighted by Crippen LogP contribution is 2.19. The molecule has 0 aliphatic carbocycles. The lowest BCUT2D eigenvalue weighted by atomic mass is 10.3. The molecule has 1 aliphatic rings. The summed E-state index contributed by atoms with van der Waals surface area (Å²) in [5.41, 5.74) is 5.63. The van der Waals surface area contributed by atoms with E-state index in [0.717, 1.165) is 6.26 Å². The number of nitrogens with two attached hydrogens (primary N) is 1. The molecule has 86 valence electrons. The molecule has 2 N–H and O–H groups in total. The Morgan fingerprint density at radius 2 is 2.33 bits per heavy atom. The zero-order valence-corrected chi connectivity index (χ0v) is 9.50. The molecule has 0 saturated carbocycles.